The van der Waals surface area contributed by atoms with Crippen molar-refractivity contribution in [1.82, 2.24) is 9.97 Å². The summed E-state index contributed by atoms with van der Waals surface area (Å²) in [5.41, 5.74) is 0.425. The van der Waals surface area contributed by atoms with Gasteiger partial charge in [0.1, 0.15) is 22.6 Å². The Morgan fingerprint density at radius 1 is 1.47 bits per heavy atom. The molecule has 1 saturated heterocycles. The summed E-state index contributed by atoms with van der Waals surface area (Å²) < 4.78 is 5.24. The highest BCUT2D eigenvalue weighted by atomic mass is 32.1. The van der Waals surface area contributed by atoms with E-state index in [2.05, 4.69) is 29.1 Å². The number of aryl methyl sites for hydroxylation is 2. The fourth-order valence-corrected chi connectivity index (χ4v) is 3.30. The van der Waals surface area contributed by atoms with Crippen LogP contribution >= 0.6 is 11.3 Å². The lowest BCUT2D eigenvalue weighted by atomic mass is 10.0. The Morgan fingerprint density at radius 3 is 3.05 bits per heavy atom. The Hall–Kier alpha value is -1.24. The molecule has 3 heterocycles. The average molecular weight is 279 g/mol. The molecule has 1 fully saturated rings. The molecule has 1 unspecified atom stereocenters. The van der Waals surface area contributed by atoms with E-state index in [1.165, 1.54) is 10.4 Å². The standard InChI is InChI=1S/C13H17N3O2S/c1-8-9(2)19-12-10(8)11(15-7-16-12)14-5-13(17)3-4-18-6-13/h7,17H,3-6H2,1-2H3,(H,14,15,16). The van der Waals surface area contributed by atoms with Crippen molar-refractivity contribution in [3.05, 3.63) is 16.8 Å². The van der Waals surface area contributed by atoms with Crippen molar-refractivity contribution in [3.63, 3.8) is 0 Å². The van der Waals surface area contributed by atoms with Crippen molar-refractivity contribution in [2.75, 3.05) is 25.1 Å². The number of nitrogens with one attached hydrogen (secondary N) is 1. The lowest BCUT2D eigenvalue weighted by molar-refractivity contribution is 0.0381. The Labute approximate surface area is 115 Å². The number of aliphatic hydroxyl groups is 1. The number of rotatable bonds is 3. The zero-order chi connectivity index (χ0) is 13.5. The predicted octanol–water partition coefficient (Wildman–Crippen LogP) is 1.87. The van der Waals surface area contributed by atoms with Gasteiger partial charge in [-0.1, -0.05) is 0 Å². The van der Waals surface area contributed by atoms with E-state index in [0.717, 1.165) is 16.0 Å². The van der Waals surface area contributed by atoms with E-state index in [1.807, 2.05) is 0 Å². The minimum atomic E-state index is -0.782. The Morgan fingerprint density at radius 2 is 2.32 bits per heavy atom. The Balaban J connectivity index is 1.88. The van der Waals surface area contributed by atoms with Crippen molar-refractivity contribution in [3.8, 4) is 0 Å². The summed E-state index contributed by atoms with van der Waals surface area (Å²) in [4.78, 5) is 10.8. The van der Waals surface area contributed by atoms with E-state index >= 15 is 0 Å². The molecule has 0 aliphatic carbocycles. The number of nitrogens with zero attached hydrogens (tertiary/aromatic N) is 2. The maximum absolute atomic E-state index is 10.3. The van der Waals surface area contributed by atoms with E-state index in [0.29, 0.717) is 26.2 Å². The summed E-state index contributed by atoms with van der Waals surface area (Å²) >= 11 is 1.67. The van der Waals surface area contributed by atoms with E-state index in [-0.39, 0.29) is 0 Å². The topological polar surface area (TPSA) is 67.3 Å². The van der Waals surface area contributed by atoms with Crippen LogP contribution < -0.4 is 5.32 Å². The molecule has 0 aromatic carbocycles. The van der Waals surface area contributed by atoms with Crippen LogP contribution in [0.15, 0.2) is 6.33 Å². The smallest absolute Gasteiger partial charge is 0.138 e. The molecule has 1 aliphatic rings. The van der Waals surface area contributed by atoms with Crippen LogP contribution in [0, 0.1) is 13.8 Å². The molecule has 2 aromatic rings. The first-order valence-corrected chi connectivity index (χ1v) is 7.15. The molecule has 0 spiro atoms. The molecule has 0 bridgehead atoms. The van der Waals surface area contributed by atoms with E-state index in [1.54, 1.807) is 17.7 Å². The molecule has 102 valence electrons. The van der Waals surface area contributed by atoms with Crippen molar-refractivity contribution in [2.24, 2.45) is 0 Å². The minimum absolute atomic E-state index is 0.385. The molecule has 1 aliphatic heterocycles. The van der Waals surface area contributed by atoms with E-state index in [4.69, 9.17) is 4.74 Å². The van der Waals surface area contributed by atoms with Gasteiger partial charge in [0.15, 0.2) is 0 Å². The molecule has 2 aromatic heterocycles. The molecule has 3 rings (SSSR count). The fraction of sp³-hybridized carbons (Fsp3) is 0.538. The van der Waals surface area contributed by atoms with Gasteiger partial charge in [0.2, 0.25) is 0 Å². The molecule has 0 amide bonds. The molecule has 0 saturated carbocycles. The van der Waals surface area contributed by atoms with Crippen LogP contribution in [0.25, 0.3) is 10.2 Å². The number of aromatic nitrogens is 2. The number of hydrogen-bond donors (Lipinski definition) is 2. The third-order valence-corrected chi connectivity index (χ3v) is 4.75. The van der Waals surface area contributed by atoms with Crippen molar-refractivity contribution >= 4 is 27.4 Å². The van der Waals surface area contributed by atoms with Crippen LogP contribution in [-0.2, 0) is 4.74 Å². The highest BCUT2D eigenvalue weighted by Crippen LogP contribution is 2.32. The zero-order valence-electron chi connectivity index (χ0n) is 11.1. The molecule has 6 heteroatoms. The van der Waals surface area contributed by atoms with Gasteiger partial charge < -0.3 is 15.2 Å². The zero-order valence-corrected chi connectivity index (χ0v) is 11.9. The first-order valence-electron chi connectivity index (χ1n) is 6.34. The number of fused-ring (bicyclic) bond motifs is 1. The lowest BCUT2D eigenvalue weighted by Gasteiger charge is -2.21. The minimum Gasteiger partial charge on any atom is -0.386 e. The monoisotopic (exact) mass is 279 g/mol. The maximum Gasteiger partial charge on any atom is 0.138 e. The second-order valence-electron chi connectivity index (χ2n) is 5.07. The highest BCUT2D eigenvalue weighted by molar-refractivity contribution is 7.18. The molecule has 5 nitrogen and oxygen atoms in total. The molecule has 19 heavy (non-hydrogen) atoms. The first-order chi connectivity index (χ1) is 9.09. The van der Waals surface area contributed by atoms with E-state index < -0.39 is 5.60 Å². The quantitative estimate of drug-likeness (QED) is 0.898. The van der Waals surface area contributed by atoms with Crippen molar-refractivity contribution in [1.29, 1.82) is 0 Å². The summed E-state index contributed by atoms with van der Waals surface area (Å²) in [7, 11) is 0. The largest absolute Gasteiger partial charge is 0.386 e. The van der Waals surface area contributed by atoms with Gasteiger partial charge in [-0.3, -0.25) is 0 Å². The number of hydrogen-bond acceptors (Lipinski definition) is 6. The predicted molar refractivity (Wildman–Crippen MR) is 75.8 cm³/mol. The highest BCUT2D eigenvalue weighted by Gasteiger charge is 2.32. The normalized spacial score (nSPS) is 23.1. The lowest BCUT2D eigenvalue weighted by Crippen LogP contribution is -2.37. The number of anilines is 1. The third-order valence-electron chi connectivity index (χ3n) is 3.63. The van der Waals surface area contributed by atoms with Gasteiger partial charge in [-0.25, -0.2) is 9.97 Å². The Bertz CT molecular complexity index is 605. The summed E-state index contributed by atoms with van der Waals surface area (Å²) in [6.07, 6.45) is 2.23. The van der Waals surface area contributed by atoms with Crippen LogP contribution in [0.3, 0.4) is 0 Å². The second-order valence-corrected chi connectivity index (χ2v) is 6.27. The fourth-order valence-electron chi connectivity index (χ4n) is 2.30. The van der Waals surface area contributed by atoms with Crippen LogP contribution in [0.4, 0.5) is 5.82 Å². The van der Waals surface area contributed by atoms with Gasteiger partial charge in [-0.05, 0) is 19.4 Å². The van der Waals surface area contributed by atoms with Gasteiger partial charge in [0.25, 0.3) is 0 Å². The molecule has 1 atom stereocenters. The van der Waals surface area contributed by atoms with Crippen LogP contribution in [0.1, 0.15) is 16.9 Å². The summed E-state index contributed by atoms with van der Waals surface area (Å²) in [5, 5.41) is 14.6. The third kappa shape index (κ3) is 2.31. The van der Waals surface area contributed by atoms with Gasteiger partial charge in [0, 0.05) is 24.4 Å². The van der Waals surface area contributed by atoms with E-state index in [9.17, 15) is 5.11 Å². The number of thiophene rings is 1. The summed E-state index contributed by atoms with van der Waals surface area (Å²) in [6.45, 7) is 5.62. The van der Waals surface area contributed by atoms with Crippen LogP contribution in [0.5, 0.6) is 0 Å². The summed E-state index contributed by atoms with van der Waals surface area (Å²) in [5.74, 6) is 0.798. The maximum atomic E-state index is 10.3. The molecular weight excluding hydrogens is 262 g/mol. The van der Waals surface area contributed by atoms with Crippen molar-refractivity contribution < 1.29 is 9.84 Å². The van der Waals surface area contributed by atoms with Crippen molar-refractivity contribution in [2.45, 2.75) is 25.9 Å². The van der Waals surface area contributed by atoms with Gasteiger partial charge in [0.05, 0.1) is 12.0 Å². The SMILES string of the molecule is Cc1sc2ncnc(NCC3(O)CCOC3)c2c1C. The summed E-state index contributed by atoms with van der Waals surface area (Å²) in [6, 6.07) is 0. The van der Waals surface area contributed by atoms with Gasteiger partial charge in [-0.2, -0.15) is 0 Å². The Kier molecular flexibility index (Phi) is 3.16. The van der Waals surface area contributed by atoms with Crippen LogP contribution in [-0.4, -0.2) is 40.4 Å². The molecule has 2 N–H and O–H groups in total. The number of ether oxygens (including phenoxy) is 1. The molecule has 0 radical (unpaired) electrons. The van der Waals surface area contributed by atoms with Gasteiger partial charge in [-0.15, -0.1) is 11.3 Å². The van der Waals surface area contributed by atoms with Gasteiger partial charge >= 0.3 is 0 Å². The molecular formula is C13H17N3O2S. The van der Waals surface area contributed by atoms with Crippen LogP contribution in [0.2, 0.25) is 0 Å². The first kappa shape index (κ1) is 12.8. The second kappa shape index (κ2) is 4.70. The average Bonchev–Trinajstić information content (AvgIpc) is 2.94.